The van der Waals surface area contributed by atoms with Crippen molar-refractivity contribution in [2.75, 3.05) is 5.32 Å². The molecule has 4 rings (SSSR count). The predicted molar refractivity (Wildman–Crippen MR) is 121 cm³/mol. The highest BCUT2D eigenvalue weighted by Gasteiger charge is 2.14. The van der Waals surface area contributed by atoms with E-state index in [1.807, 2.05) is 24.3 Å². The Morgan fingerprint density at radius 3 is 2.03 bits per heavy atom. The Morgan fingerprint density at radius 1 is 0.645 bits per heavy atom. The maximum Gasteiger partial charge on any atom is 0.255 e. The normalized spacial score (nSPS) is 12.7. The molecule has 0 atom stereocenters. The summed E-state index contributed by atoms with van der Waals surface area (Å²) in [6.45, 7) is 0. The van der Waals surface area contributed by atoms with Crippen LogP contribution in [-0.2, 0) is 0 Å². The summed E-state index contributed by atoms with van der Waals surface area (Å²) in [5.74, 6) is -0.482. The Hall–Kier alpha value is -4.05. The van der Waals surface area contributed by atoms with Gasteiger partial charge < -0.3 is 5.32 Å². The zero-order valence-electron chi connectivity index (χ0n) is 16.9. The van der Waals surface area contributed by atoms with Gasteiger partial charge in [-0.2, -0.15) is 0 Å². The molecule has 4 nitrogen and oxygen atoms in total. The largest absolute Gasteiger partial charge is 0.322 e. The third-order valence-corrected chi connectivity index (χ3v) is 5.09. The molecule has 0 unspecified atom stereocenters. The standard InChI is InChI=1S/C27H21NO3/c29-25(19-8-3-1-4-9-19)21-14-16-24(17-15-21)28-27(31)23-13-7-12-22(18-23)26(30)20-10-5-2-6-11-20/h2-3,5-18H,1,4H2,(H,28,31). The van der Waals surface area contributed by atoms with E-state index in [0.717, 1.165) is 12.8 Å². The van der Waals surface area contributed by atoms with Crippen molar-refractivity contribution in [3.8, 4) is 0 Å². The van der Waals surface area contributed by atoms with Gasteiger partial charge in [-0.15, -0.1) is 0 Å². The summed E-state index contributed by atoms with van der Waals surface area (Å²) >= 11 is 0. The minimum Gasteiger partial charge on any atom is -0.322 e. The van der Waals surface area contributed by atoms with E-state index < -0.39 is 0 Å². The van der Waals surface area contributed by atoms with Crippen molar-refractivity contribution >= 4 is 23.2 Å². The highest BCUT2D eigenvalue weighted by molar-refractivity contribution is 6.12. The number of carbonyl (C=O) groups is 3. The fourth-order valence-electron chi connectivity index (χ4n) is 3.41. The highest BCUT2D eigenvalue weighted by Crippen LogP contribution is 2.19. The molecular formula is C27H21NO3. The fraction of sp³-hybridized carbons (Fsp3) is 0.0741. The number of amides is 1. The van der Waals surface area contributed by atoms with E-state index in [9.17, 15) is 14.4 Å². The first-order valence-corrected chi connectivity index (χ1v) is 10.1. The summed E-state index contributed by atoms with van der Waals surface area (Å²) in [5, 5.41) is 2.82. The molecule has 0 saturated heterocycles. The Bertz CT molecular complexity index is 1190. The quantitative estimate of drug-likeness (QED) is 0.539. The molecule has 1 N–H and O–H groups in total. The number of hydrogen-bond donors (Lipinski definition) is 1. The molecule has 1 aliphatic carbocycles. The number of Topliss-reactive ketones (excluding diaryl/α,β-unsaturated/α-hetero) is 1. The second-order valence-electron chi connectivity index (χ2n) is 7.28. The van der Waals surface area contributed by atoms with E-state index in [1.165, 1.54) is 0 Å². The predicted octanol–water partition coefficient (Wildman–Crippen LogP) is 5.63. The Kier molecular flexibility index (Phi) is 5.99. The Labute approximate surface area is 180 Å². The van der Waals surface area contributed by atoms with Crippen LogP contribution in [0.4, 0.5) is 5.69 Å². The second kappa shape index (κ2) is 9.18. The van der Waals surface area contributed by atoms with E-state index in [1.54, 1.807) is 72.8 Å². The van der Waals surface area contributed by atoms with Crippen LogP contribution in [0.25, 0.3) is 0 Å². The van der Waals surface area contributed by atoms with Crippen LogP contribution >= 0.6 is 0 Å². The summed E-state index contributed by atoms with van der Waals surface area (Å²) in [6.07, 6.45) is 7.63. The van der Waals surface area contributed by atoms with Crippen LogP contribution < -0.4 is 5.32 Å². The van der Waals surface area contributed by atoms with Crippen molar-refractivity contribution in [2.45, 2.75) is 12.8 Å². The molecule has 0 bridgehead atoms. The second-order valence-corrected chi connectivity index (χ2v) is 7.28. The molecule has 152 valence electrons. The highest BCUT2D eigenvalue weighted by atomic mass is 16.2. The first-order chi connectivity index (χ1) is 15.1. The smallest absolute Gasteiger partial charge is 0.255 e. The molecule has 0 aromatic heterocycles. The lowest BCUT2D eigenvalue weighted by Gasteiger charge is -2.09. The molecule has 3 aromatic carbocycles. The van der Waals surface area contributed by atoms with E-state index in [0.29, 0.717) is 33.5 Å². The van der Waals surface area contributed by atoms with Crippen molar-refractivity contribution in [2.24, 2.45) is 0 Å². The van der Waals surface area contributed by atoms with E-state index in [-0.39, 0.29) is 17.5 Å². The Morgan fingerprint density at radius 2 is 1.32 bits per heavy atom. The summed E-state index contributed by atoms with van der Waals surface area (Å²) < 4.78 is 0. The number of rotatable bonds is 6. The molecule has 0 heterocycles. The van der Waals surface area contributed by atoms with E-state index in [2.05, 4.69) is 5.32 Å². The van der Waals surface area contributed by atoms with Gasteiger partial charge >= 0.3 is 0 Å². The number of carbonyl (C=O) groups excluding carboxylic acids is 3. The van der Waals surface area contributed by atoms with Crippen LogP contribution in [0.15, 0.2) is 103 Å². The third-order valence-electron chi connectivity index (χ3n) is 5.09. The summed E-state index contributed by atoms with van der Waals surface area (Å²) in [7, 11) is 0. The number of allylic oxidation sites excluding steroid dienone is 4. The molecule has 4 heteroatoms. The average Bonchev–Trinajstić information content (AvgIpc) is 2.85. The van der Waals surface area contributed by atoms with Gasteiger partial charge in [-0.3, -0.25) is 14.4 Å². The van der Waals surface area contributed by atoms with Gasteiger partial charge in [0, 0.05) is 33.5 Å². The van der Waals surface area contributed by atoms with Crippen molar-refractivity contribution < 1.29 is 14.4 Å². The topological polar surface area (TPSA) is 63.2 Å². The van der Waals surface area contributed by atoms with Gasteiger partial charge in [0.25, 0.3) is 5.91 Å². The zero-order valence-corrected chi connectivity index (χ0v) is 16.9. The van der Waals surface area contributed by atoms with Gasteiger partial charge in [-0.25, -0.2) is 0 Å². The van der Waals surface area contributed by atoms with Gasteiger partial charge in [0.1, 0.15) is 0 Å². The summed E-state index contributed by atoms with van der Waals surface area (Å²) in [6, 6.07) is 22.4. The first-order valence-electron chi connectivity index (χ1n) is 10.1. The molecule has 0 saturated carbocycles. The molecular weight excluding hydrogens is 386 g/mol. The van der Waals surface area contributed by atoms with E-state index in [4.69, 9.17) is 0 Å². The number of hydrogen-bond acceptors (Lipinski definition) is 3. The number of anilines is 1. The zero-order chi connectivity index (χ0) is 21.6. The molecule has 1 aliphatic rings. The van der Waals surface area contributed by atoms with Crippen LogP contribution in [-0.4, -0.2) is 17.5 Å². The van der Waals surface area contributed by atoms with Crippen LogP contribution in [0.2, 0.25) is 0 Å². The SMILES string of the molecule is O=C(Nc1ccc(C(=O)C2=CCCC=C2)cc1)c1cccc(C(=O)c2ccccc2)c1. The summed E-state index contributed by atoms with van der Waals surface area (Å²) in [5.41, 5.74) is 3.26. The average molecular weight is 407 g/mol. The van der Waals surface area contributed by atoms with Crippen molar-refractivity contribution in [1.82, 2.24) is 0 Å². The van der Waals surface area contributed by atoms with Gasteiger partial charge in [-0.1, -0.05) is 60.7 Å². The fourth-order valence-corrected chi connectivity index (χ4v) is 3.41. The molecule has 3 aromatic rings. The van der Waals surface area contributed by atoms with Crippen molar-refractivity contribution in [1.29, 1.82) is 0 Å². The monoisotopic (exact) mass is 407 g/mol. The van der Waals surface area contributed by atoms with Crippen molar-refractivity contribution in [3.05, 3.63) is 125 Å². The number of nitrogens with one attached hydrogen (secondary N) is 1. The number of ketones is 2. The van der Waals surface area contributed by atoms with Gasteiger partial charge in [0.05, 0.1) is 0 Å². The molecule has 0 aliphatic heterocycles. The van der Waals surface area contributed by atoms with Gasteiger partial charge in [0.15, 0.2) is 11.6 Å². The lowest BCUT2D eigenvalue weighted by molar-refractivity contribution is 0.102. The minimum absolute atomic E-state index is 0.0269. The number of benzene rings is 3. The lowest BCUT2D eigenvalue weighted by Crippen LogP contribution is -2.13. The van der Waals surface area contributed by atoms with Crippen LogP contribution in [0.3, 0.4) is 0 Å². The van der Waals surface area contributed by atoms with Crippen LogP contribution in [0.5, 0.6) is 0 Å². The molecule has 31 heavy (non-hydrogen) atoms. The third kappa shape index (κ3) is 4.75. The van der Waals surface area contributed by atoms with E-state index >= 15 is 0 Å². The maximum atomic E-state index is 12.7. The van der Waals surface area contributed by atoms with Gasteiger partial charge in [-0.05, 0) is 49.2 Å². The summed E-state index contributed by atoms with van der Waals surface area (Å²) in [4.78, 5) is 37.9. The molecule has 0 spiro atoms. The molecule has 0 radical (unpaired) electrons. The molecule has 0 fully saturated rings. The Balaban J connectivity index is 1.46. The van der Waals surface area contributed by atoms with Crippen LogP contribution in [0, 0.1) is 0 Å². The maximum absolute atomic E-state index is 12.7. The lowest BCUT2D eigenvalue weighted by atomic mass is 9.98. The first kappa shape index (κ1) is 20.2. The van der Waals surface area contributed by atoms with Gasteiger partial charge in [0.2, 0.25) is 0 Å². The molecule has 1 amide bonds. The van der Waals surface area contributed by atoms with Crippen molar-refractivity contribution in [3.63, 3.8) is 0 Å². The minimum atomic E-state index is -0.320. The van der Waals surface area contributed by atoms with Crippen LogP contribution in [0.1, 0.15) is 49.5 Å².